The summed E-state index contributed by atoms with van der Waals surface area (Å²) in [6.07, 6.45) is 5.68. The van der Waals surface area contributed by atoms with E-state index in [4.69, 9.17) is 0 Å². The normalized spacial score (nSPS) is 19.5. The third-order valence-corrected chi connectivity index (χ3v) is 2.51. The van der Waals surface area contributed by atoms with Crippen molar-refractivity contribution in [1.82, 2.24) is 4.90 Å². The van der Waals surface area contributed by atoms with Crippen molar-refractivity contribution >= 4 is 0 Å². The van der Waals surface area contributed by atoms with E-state index in [0.29, 0.717) is 0 Å². The van der Waals surface area contributed by atoms with Gasteiger partial charge in [0.15, 0.2) is 0 Å². The quantitative estimate of drug-likeness (QED) is 0.580. The van der Waals surface area contributed by atoms with Crippen molar-refractivity contribution in [1.29, 1.82) is 0 Å². The highest BCUT2D eigenvalue weighted by Gasteiger charge is 2.22. The fourth-order valence-corrected chi connectivity index (χ4v) is 1.64. The lowest BCUT2D eigenvalue weighted by Crippen LogP contribution is -2.40. The van der Waals surface area contributed by atoms with E-state index in [1.54, 1.807) is 0 Å². The Balaban J connectivity index is 2.17. The number of nitrogens with zero attached hydrogens (tertiary/aromatic N) is 1. The van der Waals surface area contributed by atoms with Gasteiger partial charge in [-0.05, 0) is 32.4 Å². The Hall–Kier alpha value is -0.0400. The largest absolute Gasteiger partial charge is 0.301 e. The first-order chi connectivity index (χ1) is 4.88. The Bertz CT molecular complexity index is 86.7. The van der Waals surface area contributed by atoms with Crippen LogP contribution in [0.2, 0.25) is 0 Å². The lowest BCUT2D eigenvalue weighted by Gasteiger charge is -2.36. The molecule has 0 aliphatic heterocycles. The Labute approximate surface area is 64.4 Å². The second kappa shape index (κ2) is 3.97. The summed E-state index contributed by atoms with van der Waals surface area (Å²) in [5.41, 5.74) is 0. The average molecular weight is 141 g/mol. The molecule has 1 fully saturated rings. The van der Waals surface area contributed by atoms with Crippen LogP contribution in [0.5, 0.6) is 0 Å². The van der Waals surface area contributed by atoms with Gasteiger partial charge in [-0.2, -0.15) is 0 Å². The molecule has 10 heavy (non-hydrogen) atoms. The topological polar surface area (TPSA) is 3.24 Å². The third kappa shape index (κ3) is 1.72. The van der Waals surface area contributed by atoms with Gasteiger partial charge in [-0.3, -0.25) is 0 Å². The standard InChI is InChI=1S/C9H19N/c1-3-8-10(4-2)9-6-5-7-9/h9H,3-8H2,1-2H3. The van der Waals surface area contributed by atoms with Gasteiger partial charge in [-0.25, -0.2) is 0 Å². The van der Waals surface area contributed by atoms with Crippen molar-refractivity contribution in [3.05, 3.63) is 0 Å². The summed E-state index contributed by atoms with van der Waals surface area (Å²) in [5.74, 6) is 0. The first-order valence-corrected chi connectivity index (χ1v) is 4.62. The lowest BCUT2D eigenvalue weighted by atomic mass is 9.91. The highest BCUT2D eigenvalue weighted by Crippen LogP contribution is 2.24. The molecule has 1 aliphatic carbocycles. The summed E-state index contributed by atoms with van der Waals surface area (Å²) in [5, 5.41) is 0. The summed E-state index contributed by atoms with van der Waals surface area (Å²) in [6, 6.07) is 0.949. The Kier molecular flexibility index (Phi) is 3.20. The van der Waals surface area contributed by atoms with E-state index in [2.05, 4.69) is 18.7 Å². The molecule has 1 nitrogen and oxygen atoms in total. The van der Waals surface area contributed by atoms with Gasteiger partial charge in [-0.1, -0.05) is 20.3 Å². The Morgan fingerprint density at radius 2 is 2.00 bits per heavy atom. The first kappa shape index (κ1) is 8.06. The summed E-state index contributed by atoms with van der Waals surface area (Å²) in [7, 11) is 0. The van der Waals surface area contributed by atoms with Crippen molar-refractivity contribution in [2.45, 2.75) is 45.6 Å². The molecule has 0 aromatic heterocycles. The molecule has 0 N–H and O–H groups in total. The molecule has 60 valence electrons. The maximum Gasteiger partial charge on any atom is 0.00951 e. The summed E-state index contributed by atoms with van der Waals surface area (Å²) in [6.45, 7) is 7.09. The zero-order valence-corrected chi connectivity index (χ0v) is 7.27. The molecule has 0 saturated heterocycles. The predicted molar refractivity (Wildman–Crippen MR) is 45.2 cm³/mol. The Morgan fingerprint density at radius 1 is 1.30 bits per heavy atom. The zero-order valence-electron chi connectivity index (χ0n) is 7.27. The van der Waals surface area contributed by atoms with Crippen LogP contribution in [0.1, 0.15) is 39.5 Å². The van der Waals surface area contributed by atoms with E-state index in [1.807, 2.05) is 0 Å². The molecule has 0 aromatic rings. The molecule has 0 bridgehead atoms. The van der Waals surface area contributed by atoms with Gasteiger partial charge >= 0.3 is 0 Å². The molecule has 0 radical (unpaired) electrons. The van der Waals surface area contributed by atoms with Gasteiger partial charge in [-0.15, -0.1) is 0 Å². The fraction of sp³-hybridized carbons (Fsp3) is 1.00. The van der Waals surface area contributed by atoms with E-state index < -0.39 is 0 Å². The van der Waals surface area contributed by atoms with Gasteiger partial charge in [0.05, 0.1) is 0 Å². The lowest BCUT2D eigenvalue weighted by molar-refractivity contribution is 0.134. The van der Waals surface area contributed by atoms with Crippen LogP contribution in [-0.4, -0.2) is 24.0 Å². The minimum absolute atomic E-state index is 0.949. The van der Waals surface area contributed by atoms with Crippen LogP contribution in [0.4, 0.5) is 0 Å². The molecule has 1 aliphatic rings. The van der Waals surface area contributed by atoms with Crippen molar-refractivity contribution in [3.63, 3.8) is 0 Å². The second-order valence-corrected chi connectivity index (χ2v) is 3.21. The van der Waals surface area contributed by atoms with Gasteiger partial charge in [0, 0.05) is 6.04 Å². The third-order valence-electron chi connectivity index (χ3n) is 2.51. The molecule has 0 aromatic carbocycles. The van der Waals surface area contributed by atoms with E-state index in [1.165, 1.54) is 38.8 Å². The molecule has 0 atom stereocenters. The van der Waals surface area contributed by atoms with Crippen molar-refractivity contribution in [3.8, 4) is 0 Å². The van der Waals surface area contributed by atoms with Crippen LogP contribution >= 0.6 is 0 Å². The van der Waals surface area contributed by atoms with Gasteiger partial charge in [0.1, 0.15) is 0 Å². The zero-order chi connectivity index (χ0) is 7.40. The monoisotopic (exact) mass is 141 g/mol. The van der Waals surface area contributed by atoms with Crippen molar-refractivity contribution < 1.29 is 0 Å². The molecule has 1 rings (SSSR count). The maximum atomic E-state index is 2.61. The highest BCUT2D eigenvalue weighted by atomic mass is 15.2. The van der Waals surface area contributed by atoms with E-state index in [9.17, 15) is 0 Å². The van der Waals surface area contributed by atoms with Crippen LogP contribution in [0.25, 0.3) is 0 Å². The van der Waals surface area contributed by atoms with Gasteiger partial charge in [0.2, 0.25) is 0 Å². The van der Waals surface area contributed by atoms with E-state index in [0.717, 1.165) is 6.04 Å². The summed E-state index contributed by atoms with van der Waals surface area (Å²) >= 11 is 0. The Morgan fingerprint density at radius 3 is 2.30 bits per heavy atom. The minimum Gasteiger partial charge on any atom is -0.301 e. The van der Waals surface area contributed by atoms with Crippen LogP contribution in [-0.2, 0) is 0 Å². The highest BCUT2D eigenvalue weighted by molar-refractivity contribution is 4.78. The number of hydrogen-bond acceptors (Lipinski definition) is 1. The molecule has 0 unspecified atom stereocenters. The number of rotatable bonds is 4. The first-order valence-electron chi connectivity index (χ1n) is 4.62. The molecule has 1 saturated carbocycles. The SMILES string of the molecule is CCCN(CC)C1CCC1. The molecular weight excluding hydrogens is 122 g/mol. The van der Waals surface area contributed by atoms with E-state index >= 15 is 0 Å². The molecule has 1 heteroatoms. The molecule has 0 amide bonds. The van der Waals surface area contributed by atoms with Crippen LogP contribution in [0, 0.1) is 0 Å². The van der Waals surface area contributed by atoms with Crippen LogP contribution in [0.15, 0.2) is 0 Å². The van der Waals surface area contributed by atoms with Gasteiger partial charge < -0.3 is 4.90 Å². The minimum atomic E-state index is 0.949. The average Bonchev–Trinajstić information content (AvgIpc) is 1.83. The van der Waals surface area contributed by atoms with Crippen LogP contribution in [0.3, 0.4) is 0 Å². The fourth-order valence-electron chi connectivity index (χ4n) is 1.64. The number of hydrogen-bond donors (Lipinski definition) is 0. The molecular formula is C9H19N. The maximum absolute atomic E-state index is 2.61. The molecule has 0 spiro atoms. The van der Waals surface area contributed by atoms with Crippen molar-refractivity contribution in [2.75, 3.05) is 13.1 Å². The van der Waals surface area contributed by atoms with Gasteiger partial charge in [0.25, 0.3) is 0 Å². The van der Waals surface area contributed by atoms with Crippen LogP contribution < -0.4 is 0 Å². The second-order valence-electron chi connectivity index (χ2n) is 3.21. The smallest absolute Gasteiger partial charge is 0.00951 e. The molecule has 0 heterocycles. The van der Waals surface area contributed by atoms with E-state index in [-0.39, 0.29) is 0 Å². The summed E-state index contributed by atoms with van der Waals surface area (Å²) in [4.78, 5) is 2.61. The van der Waals surface area contributed by atoms with Crippen molar-refractivity contribution in [2.24, 2.45) is 0 Å². The predicted octanol–water partition coefficient (Wildman–Crippen LogP) is 2.27. The summed E-state index contributed by atoms with van der Waals surface area (Å²) < 4.78 is 0.